The first-order chi connectivity index (χ1) is 11.5. The minimum absolute atomic E-state index is 0.0376. The fourth-order valence-electron chi connectivity index (χ4n) is 2.55. The molecule has 0 fully saturated rings. The van der Waals surface area contributed by atoms with Crippen LogP contribution in [0.1, 0.15) is 12.5 Å². The second kappa shape index (κ2) is 5.02. The third kappa shape index (κ3) is 2.06. The van der Waals surface area contributed by atoms with Gasteiger partial charge in [-0.25, -0.2) is 0 Å². The van der Waals surface area contributed by atoms with Crippen molar-refractivity contribution in [3.63, 3.8) is 0 Å². The van der Waals surface area contributed by atoms with Gasteiger partial charge in [0.1, 0.15) is 17.6 Å². The van der Waals surface area contributed by atoms with Crippen LogP contribution in [0.25, 0.3) is 17.0 Å². The predicted molar refractivity (Wildman–Crippen MR) is 87.3 cm³/mol. The lowest BCUT2D eigenvalue weighted by Crippen LogP contribution is -2.38. The Hall–Kier alpha value is -3.48. The summed E-state index contributed by atoms with van der Waals surface area (Å²) < 4.78 is 5.42. The molecule has 1 N–H and O–H groups in total. The first kappa shape index (κ1) is 14.1. The van der Waals surface area contributed by atoms with Crippen LogP contribution in [-0.4, -0.2) is 22.6 Å². The van der Waals surface area contributed by atoms with Gasteiger partial charge in [0.2, 0.25) is 0 Å². The molecule has 1 aromatic carbocycles. The number of hydrogen-bond acceptors (Lipinski definition) is 5. The number of benzene rings is 1. The van der Waals surface area contributed by atoms with Crippen molar-refractivity contribution in [2.75, 3.05) is 0 Å². The van der Waals surface area contributed by atoms with Crippen LogP contribution in [0.2, 0.25) is 0 Å². The summed E-state index contributed by atoms with van der Waals surface area (Å²) in [4.78, 5) is 33.9. The SMILES string of the molecule is CC1=CC2=NC(=O)/C(=C\c3coc4ccccc4c3=O)C(=N)N2O1. The molecule has 0 radical (unpaired) electrons. The molecule has 24 heavy (non-hydrogen) atoms. The maximum Gasteiger partial charge on any atom is 0.282 e. The van der Waals surface area contributed by atoms with Crippen molar-refractivity contribution in [3.05, 3.63) is 63.7 Å². The third-order valence-electron chi connectivity index (χ3n) is 3.69. The van der Waals surface area contributed by atoms with E-state index in [1.165, 1.54) is 12.3 Å². The Kier molecular flexibility index (Phi) is 2.96. The molecule has 3 heterocycles. The van der Waals surface area contributed by atoms with Gasteiger partial charge in [0.05, 0.1) is 16.5 Å². The van der Waals surface area contributed by atoms with Crippen LogP contribution in [0, 0.1) is 5.41 Å². The normalized spacial score (nSPS) is 18.5. The summed E-state index contributed by atoms with van der Waals surface area (Å²) in [6, 6.07) is 6.82. The zero-order chi connectivity index (χ0) is 16.8. The molecule has 0 spiro atoms. The second-order valence-corrected chi connectivity index (χ2v) is 5.34. The highest BCUT2D eigenvalue weighted by atomic mass is 16.7. The largest absolute Gasteiger partial charge is 0.463 e. The summed E-state index contributed by atoms with van der Waals surface area (Å²) in [6.07, 6.45) is 4.14. The highest BCUT2D eigenvalue weighted by Crippen LogP contribution is 2.23. The van der Waals surface area contributed by atoms with E-state index in [4.69, 9.17) is 14.7 Å². The Morgan fingerprint density at radius 2 is 2.04 bits per heavy atom. The Balaban J connectivity index is 1.82. The summed E-state index contributed by atoms with van der Waals surface area (Å²) in [5, 5.41) is 9.69. The molecule has 1 aromatic heterocycles. The van der Waals surface area contributed by atoms with E-state index >= 15 is 0 Å². The number of hydrogen-bond donors (Lipinski definition) is 1. The number of carbonyl (C=O) groups excluding carboxylic acids is 1. The van der Waals surface area contributed by atoms with Crippen LogP contribution >= 0.6 is 0 Å². The molecule has 2 aromatic rings. The fourth-order valence-corrected chi connectivity index (χ4v) is 2.55. The van der Waals surface area contributed by atoms with E-state index in [0.29, 0.717) is 16.7 Å². The highest BCUT2D eigenvalue weighted by molar-refractivity contribution is 6.32. The molecule has 2 aliphatic rings. The van der Waals surface area contributed by atoms with Gasteiger partial charge in [0.25, 0.3) is 5.91 Å². The number of hydroxylamine groups is 2. The first-order valence-electron chi connectivity index (χ1n) is 7.15. The van der Waals surface area contributed by atoms with Crippen molar-refractivity contribution in [2.24, 2.45) is 4.99 Å². The van der Waals surface area contributed by atoms with Crippen LogP contribution in [0.4, 0.5) is 0 Å². The Labute approximate surface area is 135 Å². The fraction of sp³-hybridized carbons (Fsp3) is 0.0588. The molecule has 0 saturated carbocycles. The summed E-state index contributed by atoms with van der Waals surface area (Å²) in [7, 11) is 0. The number of allylic oxidation sites excluding steroid dienone is 1. The number of nitrogens with one attached hydrogen (secondary N) is 1. The predicted octanol–water partition coefficient (Wildman–Crippen LogP) is 2.24. The summed E-state index contributed by atoms with van der Waals surface area (Å²) in [6.45, 7) is 1.69. The number of aliphatic imine (C=N–C) groups is 1. The van der Waals surface area contributed by atoms with Gasteiger partial charge in [-0.1, -0.05) is 12.1 Å². The lowest BCUT2D eigenvalue weighted by Gasteiger charge is -2.22. The van der Waals surface area contributed by atoms with Crippen molar-refractivity contribution >= 4 is 34.6 Å². The number of para-hydroxylation sites is 1. The van der Waals surface area contributed by atoms with Gasteiger partial charge in [-0.05, 0) is 25.1 Å². The Morgan fingerprint density at radius 3 is 2.88 bits per heavy atom. The van der Waals surface area contributed by atoms with Gasteiger partial charge in [-0.3, -0.25) is 15.0 Å². The van der Waals surface area contributed by atoms with Crippen molar-refractivity contribution in [1.29, 1.82) is 5.41 Å². The van der Waals surface area contributed by atoms with Crippen molar-refractivity contribution in [1.82, 2.24) is 5.06 Å². The van der Waals surface area contributed by atoms with Gasteiger partial charge >= 0.3 is 0 Å². The van der Waals surface area contributed by atoms with E-state index < -0.39 is 5.91 Å². The summed E-state index contributed by atoms with van der Waals surface area (Å²) in [5.41, 5.74) is 0.308. The molecular weight excluding hydrogens is 310 g/mol. The monoisotopic (exact) mass is 321 g/mol. The molecule has 2 aliphatic heterocycles. The van der Waals surface area contributed by atoms with Gasteiger partial charge in [0, 0.05) is 6.08 Å². The molecule has 4 rings (SSSR count). The number of rotatable bonds is 1. The van der Waals surface area contributed by atoms with Gasteiger partial charge in [-0.2, -0.15) is 4.99 Å². The molecule has 118 valence electrons. The van der Waals surface area contributed by atoms with Crippen LogP contribution < -0.4 is 5.43 Å². The first-order valence-corrected chi connectivity index (χ1v) is 7.15. The van der Waals surface area contributed by atoms with E-state index in [0.717, 1.165) is 5.06 Å². The number of amides is 1. The molecule has 0 atom stereocenters. The molecule has 0 saturated heterocycles. The topological polar surface area (TPSA) is 96.0 Å². The van der Waals surface area contributed by atoms with Gasteiger partial charge in [0.15, 0.2) is 17.1 Å². The Morgan fingerprint density at radius 1 is 1.25 bits per heavy atom. The smallest absolute Gasteiger partial charge is 0.282 e. The Bertz CT molecular complexity index is 1060. The maximum absolute atomic E-state index is 12.5. The molecule has 7 heteroatoms. The second-order valence-electron chi connectivity index (χ2n) is 5.34. The van der Waals surface area contributed by atoms with E-state index in [1.54, 1.807) is 37.3 Å². The third-order valence-corrected chi connectivity index (χ3v) is 3.69. The molecule has 0 aliphatic carbocycles. The zero-order valence-electron chi connectivity index (χ0n) is 12.6. The molecule has 0 bridgehead atoms. The minimum atomic E-state index is -0.603. The van der Waals surface area contributed by atoms with Crippen LogP contribution in [0.15, 0.2) is 62.1 Å². The van der Waals surface area contributed by atoms with Crippen LogP contribution in [0.3, 0.4) is 0 Å². The van der Waals surface area contributed by atoms with Crippen LogP contribution in [0.5, 0.6) is 0 Å². The van der Waals surface area contributed by atoms with Crippen LogP contribution in [-0.2, 0) is 9.63 Å². The minimum Gasteiger partial charge on any atom is -0.463 e. The van der Waals surface area contributed by atoms with E-state index in [-0.39, 0.29) is 28.2 Å². The lowest BCUT2D eigenvalue weighted by atomic mass is 10.1. The maximum atomic E-state index is 12.5. The number of amidine groups is 2. The molecule has 7 nitrogen and oxygen atoms in total. The van der Waals surface area contributed by atoms with Crippen molar-refractivity contribution < 1.29 is 14.0 Å². The molecule has 1 amide bonds. The lowest BCUT2D eigenvalue weighted by molar-refractivity contribution is -0.114. The number of carbonyl (C=O) groups is 1. The van der Waals surface area contributed by atoms with E-state index in [1.807, 2.05) is 0 Å². The highest BCUT2D eigenvalue weighted by Gasteiger charge is 2.34. The van der Waals surface area contributed by atoms with Crippen molar-refractivity contribution in [3.8, 4) is 0 Å². The van der Waals surface area contributed by atoms with E-state index in [9.17, 15) is 9.59 Å². The quantitative estimate of drug-likeness (QED) is 0.813. The number of fused-ring (bicyclic) bond motifs is 2. The summed E-state index contributed by atoms with van der Waals surface area (Å²) >= 11 is 0. The molecule has 0 unspecified atom stereocenters. The summed E-state index contributed by atoms with van der Waals surface area (Å²) in [5.74, 6) is 0.00184. The zero-order valence-corrected chi connectivity index (χ0v) is 12.6. The average molecular weight is 321 g/mol. The molecular formula is C17H11N3O4. The van der Waals surface area contributed by atoms with E-state index in [2.05, 4.69) is 4.99 Å². The van der Waals surface area contributed by atoms with Crippen molar-refractivity contribution in [2.45, 2.75) is 6.92 Å². The van der Waals surface area contributed by atoms with Gasteiger partial charge in [-0.15, -0.1) is 5.06 Å². The van der Waals surface area contributed by atoms with Gasteiger partial charge < -0.3 is 9.25 Å². The standard InChI is InChI=1S/C17H11N3O4/c1-9-6-14-19-17(22)12(16(18)20(14)24-9)7-10-8-23-13-5-3-2-4-11(13)15(10)21/h2-8,18H,1H3/b12-7-,18-16?. The average Bonchev–Trinajstić information content (AvgIpc) is 2.94. The number of nitrogens with zero attached hydrogens (tertiary/aromatic N) is 2.